The molecule has 1 heterocycles. The zero-order valence-corrected chi connectivity index (χ0v) is 11.0. The second-order valence-electron chi connectivity index (χ2n) is 4.53. The van der Waals surface area contributed by atoms with Crippen molar-refractivity contribution < 1.29 is 22.4 Å². The molecule has 0 atom stereocenters. The molecule has 0 unspecified atom stereocenters. The largest absolute Gasteiger partial charge is 0.326 e. The van der Waals surface area contributed by atoms with Crippen molar-refractivity contribution in [2.75, 3.05) is 17.3 Å². The van der Waals surface area contributed by atoms with Gasteiger partial charge < -0.3 is 5.32 Å². The van der Waals surface area contributed by atoms with Gasteiger partial charge in [0.15, 0.2) is 15.6 Å². The highest BCUT2D eigenvalue weighted by atomic mass is 32.2. The van der Waals surface area contributed by atoms with E-state index in [1.807, 2.05) is 0 Å². The minimum absolute atomic E-state index is 0.206. The van der Waals surface area contributed by atoms with Gasteiger partial charge in [-0.2, -0.15) is 0 Å². The van der Waals surface area contributed by atoms with Crippen LogP contribution < -0.4 is 5.32 Å². The summed E-state index contributed by atoms with van der Waals surface area (Å²) in [5.74, 6) is -2.54. The van der Waals surface area contributed by atoms with Crippen molar-refractivity contribution in [2.24, 2.45) is 0 Å². The van der Waals surface area contributed by atoms with Crippen molar-refractivity contribution in [1.29, 1.82) is 0 Å². The van der Waals surface area contributed by atoms with Gasteiger partial charge in [-0.15, -0.1) is 0 Å². The maximum absolute atomic E-state index is 13.8. The van der Waals surface area contributed by atoms with Crippen LogP contribution in [0.4, 0.5) is 10.1 Å². The molecule has 1 aromatic rings. The number of benzene rings is 1. The Bertz CT molecular complexity index is 667. The summed E-state index contributed by atoms with van der Waals surface area (Å²) in [5.41, 5.74) is 0.725. The predicted octanol–water partition coefficient (Wildman–Crippen LogP) is 0.938. The third kappa shape index (κ3) is 3.17. The Hall–Kier alpha value is -1.76. The number of ketones is 1. The minimum Gasteiger partial charge on any atom is -0.326 e. The third-order valence-electron chi connectivity index (χ3n) is 2.78. The van der Waals surface area contributed by atoms with E-state index in [1.54, 1.807) is 0 Å². The number of aryl methyl sites for hydroxylation is 1. The first-order valence-electron chi connectivity index (χ1n) is 5.59. The molecule has 102 valence electrons. The van der Waals surface area contributed by atoms with Gasteiger partial charge in [-0.25, -0.2) is 12.8 Å². The van der Waals surface area contributed by atoms with Crippen LogP contribution in [0.1, 0.15) is 22.3 Å². The van der Waals surface area contributed by atoms with Crippen LogP contribution in [-0.2, 0) is 21.1 Å². The van der Waals surface area contributed by atoms with E-state index in [1.165, 1.54) is 6.07 Å². The van der Waals surface area contributed by atoms with Crippen molar-refractivity contribution in [3.05, 3.63) is 29.1 Å². The van der Waals surface area contributed by atoms with E-state index < -0.39 is 27.2 Å². The lowest BCUT2D eigenvalue weighted by molar-refractivity contribution is -0.116. The average molecular weight is 285 g/mol. The van der Waals surface area contributed by atoms with E-state index in [4.69, 9.17) is 0 Å². The Balaban J connectivity index is 2.38. The van der Waals surface area contributed by atoms with E-state index in [0.29, 0.717) is 17.7 Å². The SMILES string of the molecule is CS(=O)(=O)CC(=O)c1cc2c(cc1F)NC(=O)CC2. The lowest BCUT2D eigenvalue weighted by atomic mass is 9.98. The maximum Gasteiger partial charge on any atom is 0.224 e. The highest BCUT2D eigenvalue weighted by molar-refractivity contribution is 7.91. The normalized spacial score (nSPS) is 14.7. The molecule has 0 aromatic heterocycles. The number of sulfone groups is 1. The summed E-state index contributed by atoms with van der Waals surface area (Å²) in [6, 6.07) is 2.37. The van der Waals surface area contributed by atoms with Crippen LogP contribution in [0.3, 0.4) is 0 Å². The molecular weight excluding hydrogens is 273 g/mol. The number of carbonyl (C=O) groups is 2. The van der Waals surface area contributed by atoms with Crippen molar-refractivity contribution in [2.45, 2.75) is 12.8 Å². The van der Waals surface area contributed by atoms with Gasteiger partial charge in [0.2, 0.25) is 5.91 Å². The first kappa shape index (κ1) is 13.7. The minimum atomic E-state index is -3.50. The molecule has 1 N–H and O–H groups in total. The topological polar surface area (TPSA) is 80.3 Å². The van der Waals surface area contributed by atoms with E-state index >= 15 is 0 Å². The summed E-state index contributed by atoms with van der Waals surface area (Å²) in [7, 11) is -3.50. The second kappa shape index (κ2) is 4.73. The molecule has 7 heteroatoms. The Labute approximate surface area is 109 Å². The van der Waals surface area contributed by atoms with Crippen LogP contribution in [0.15, 0.2) is 12.1 Å². The van der Waals surface area contributed by atoms with Crippen molar-refractivity contribution in [3.63, 3.8) is 0 Å². The number of Topliss-reactive ketones (excluding diaryl/α,β-unsaturated/α-hetero) is 1. The Morgan fingerprint density at radius 1 is 1.37 bits per heavy atom. The van der Waals surface area contributed by atoms with E-state index in [-0.39, 0.29) is 17.9 Å². The first-order valence-corrected chi connectivity index (χ1v) is 7.65. The van der Waals surface area contributed by atoms with Gasteiger partial charge >= 0.3 is 0 Å². The van der Waals surface area contributed by atoms with Gasteiger partial charge in [0.25, 0.3) is 0 Å². The molecule has 1 amide bonds. The molecule has 0 spiro atoms. The molecule has 1 aliphatic heterocycles. The maximum atomic E-state index is 13.8. The van der Waals surface area contributed by atoms with Crippen molar-refractivity contribution in [1.82, 2.24) is 0 Å². The Morgan fingerprint density at radius 2 is 2.05 bits per heavy atom. The molecule has 0 saturated carbocycles. The van der Waals surface area contributed by atoms with Gasteiger partial charge in [-0.1, -0.05) is 0 Å². The van der Waals surface area contributed by atoms with Crippen molar-refractivity contribution >= 4 is 27.2 Å². The summed E-state index contributed by atoms with van der Waals surface area (Å²) in [4.78, 5) is 22.9. The fourth-order valence-electron chi connectivity index (χ4n) is 1.93. The number of anilines is 1. The lowest BCUT2D eigenvalue weighted by Crippen LogP contribution is -2.21. The first-order chi connectivity index (χ1) is 8.76. The van der Waals surface area contributed by atoms with E-state index in [9.17, 15) is 22.4 Å². The smallest absolute Gasteiger partial charge is 0.224 e. The molecule has 0 aliphatic carbocycles. The van der Waals surface area contributed by atoms with E-state index in [0.717, 1.165) is 12.3 Å². The molecule has 1 aliphatic rings. The molecule has 19 heavy (non-hydrogen) atoms. The van der Waals surface area contributed by atoms with Crippen LogP contribution >= 0.6 is 0 Å². The highest BCUT2D eigenvalue weighted by Crippen LogP contribution is 2.26. The summed E-state index contributed by atoms with van der Waals surface area (Å²) in [5, 5.41) is 2.51. The van der Waals surface area contributed by atoms with Gasteiger partial charge in [0.05, 0.1) is 5.56 Å². The molecule has 2 rings (SSSR count). The number of amides is 1. The number of rotatable bonds is 3. The molecular formula is C12H12FNO4S. The van der Waals surface area contributed by atoms with Crippen LogP contribution in [-0.4, -0.2) is 32.1 Å². The summed E-state index contributed by atoms with van der Waals surface area (Å²) in [6.07, 6.45) is 1.58. The number of fused-ring (bicyclic) bond motifs is 1. The number of halogens is 1. The number of nitrogens with one attached hydrogen (secondary N) is 1. The number of carbonyl (C=O) groups excluding carboxylic acids is 2. The zero-order chi connectivity index (χ0) is 14.2. The zero-order valence-electron chi connectivity index (χ0n) is 10.2. The Morgan fingerprint density at radius 3 is 2.68 bits per heavy atom. The van der Waals surface area contributed by atoms with Crippen molar-refractivity contribution in [3.8, 4) is 0 Å². The van der Waals surface area contributed by atoms with E-state index in [2.05, 4.69) is 5.32 Å². The van der Waals surface area contributed by atoms with Crippen LogP contribution in [0.5, 0.6) is 0 Å². The van der Waals surface area contributed by atoms with Gasteiger partial charge in [0.1, 0.15) is 11.6 Å². The average Bonchev–Trinajstić information content (AvgIpc) is 2.25. The quantitative estimate of drug-likeness (QED) is 0.838. The third-order valence-corrected chi connectivity index (χ3v) is 3.57. The van der Waals surface area contributed by atoms with Crippen LogP contribution in [0, 0.1) is 5.82 Å². The molecule has 0 fully saturated rings. The highest BCUT2D eigenvalue weighted by Gasteiger charge is 2.22. The number of hydrogen-bond donors (Lipinski definition) is 1. The Kier molecular flexibility index (Phi) is 3.40. The predicted molar refractivity (Wildman–Crippen MR) is 67.4 cm³/mol. The molecule has 5 nitrogen and oxygen atoms in total. The molecule has 0 bridgehead atoms. The van der Waals surface area contributed by atoms with Gasteiger partial charge in [-0.3, -0.25) is 9.59 Å². The summed E-state index contributed by atoms with van der Waals surface area (Å²) in [6.45, 7) is 0. The van der Waals surface area contributed by atoms with Crippen LogP contribution in [0.25, 0.3) is 0 Å². The lowest BCUT2D eigenvalue weighted by Gasteiger charge is -2.17. The fourth-order valence-corrected chi connectivity index (χ4v) is 2.56. The van der Waals surface area contributed by atoms with Gasteiger partial charge in [-0.05, 0) is 24.1 Å². The fraction of sp³-hybridized carbons (Fsp3) is 0.333. The molecule has 0 saturated heterocycles. The monoisotopic (exact) mass is 285 g/mol. The molecule has 1 aromatic carbocycles. The van der Waals surface area contributed by atoms with Crippen LogP contribution in [0.2, 0.25) is 0 Å². The van der Waals surface area contributed by atoms with Gasteiger partial charge in [0, 0.05) is 18.4 Å². The number of hydrogen-bond acceptors (Lipinski definition) is 4. The standard InChI is InChI=1S/C12H12FNO4S/c1-19(17,18)6-11(15)8-4-7-2-3-12(16)14-10(7)5-9(8)13/h4-5H,2-3,6H2,1H3,(H,14,16). The molecule has 0 radical (unpaired) electrons. The second-order valence-corrected chi connectivity index (χ2v) is 6.67. The summed E-state index contributed by atoms with van der Waals surface area (Å²) < 4.78 is 35.9. The summed E-state index contributed by atoms with van der Waals surface area (Å²) >= 11 is 0.